The molecule has 2 amide bonds. The Bertz CT molecular complexity index is 923. The molecule has 2 aliphatic rings. The quantitative estimate of drug-likeness (QED) is 0.842. The van der Waals surface area contributed by atoms with Gasteiger partial charge in [-0.1, -0.05) is 6.07 Å². The lowest BCUT2D eigenvalue weighted by Crippen LogP contribution is -2.42. The van der Waals surface area contributed by atoms with E-state index in [4.69, 9.17) is 9.47 Å². The summed E-state index contributed by atoms with van der Waals surface area (Å²) >= 11 is 3.01. The van der Waals surface area contributed by atoms with Gasteiger partial charge in [-0.15, -0.1) is 23.1 Å². The summed E-state index contributed by atoms with van der Waals surface area (Å²) in [7, 11) is 3.05. The summed E-state index contributed by atoms with van der Waals surface area (Å²) in [5.41, 5.74) is 2.24. The first-order valence-corrected chi connectivity index (χ1v) is 10.3. The Balaban J connectivity index is 1.63. The number of benzene rings is 1. The molecule has 4 rings (SSSR count). The summed E-state index contributed by atoms with van der Waals surface area (Å²) in [5, 5.41) is 3.23. The molecule has 1 N–H and O–H groups in total. The fourth-order valence-electron chi connectivity index (χ4n) is 3.41. The number of nitrogens with one attached hydrogen (secondary N) is 1. The molecule has 0 spiro atoms. The molecular weight excluding hydrogens is 386 g/mol. The van der Waals surface area contributed by atoms with Crippen LogP contribution in [0.15, 0.2) is 12.1 Å². The van der Waals surface area contributed by atoms with Gasteiger partial charge in [-0.25, -0.2) is 4.98 Å². The van der Waals surface area contributed by atoms with Gasteiger partial charge in [-0.05, 0) is 19.9 Å². The van der Waals surface area contributed by atoms with Gasteiger partial charge in [-0.3, -0.25) is 9.59 Å². The maximum Gasteiger partial charge on any atom is 0.260 e. The normalized spacial score (nSPS) is 20.4. The smallest absolute Gasteiger partial charge is 0.260 e. The first-order valence-electron chi connectivity index (χ1n) is 8.40. The zero-order valence-corrected chi connectivity index (χ0v) is 17.0. The average molecular weight is 406 g/mol. The predicted molar refractivity (Wildman–Crippen MR) is 105 cm³/mol. The van der Waals surface area contributed by atoms with E-state index >= 15 is 0 Å². The molecule has 1 fully saturated rings. The second-order valence-corrected chi connectivity index (χ2v) is 8.65. The standard InChI is InChI=1S/C18H19N3O4S2/c1-8-9(2)27-18(19-8)20-15(22)11-7-26-17-10-5-6-12(24-3)14(25-4)13(10)16(23)21(11)17/h5-6,11,17H,7H2,1-4H3,(H,19,20,22)/t11-,17-/m0/s1. The number of thioether (sulfide) groups is 1. The van der Waals surface area contributed by atoms with E-state index < -0.39 is 6.04 Å². The molecule has 7 nitrogen and oxygen atoms in total. The Kier molecular flexibility index (Phi) is 4.51. The molecule has 3 heterocycles. The number of nitrogens with zero attached hydrogens (tertiary/aromatic N) is 2. The van der Waals surface area contributed by atoms with Gasteiger partial charge in [0.05, 0.1) is 25.5 Å². The summed E-state index contributed by atoms with van der Waals surface area (Å²) in [6.07, 6.45) is 0. The van der Waals surface area contributed by atoms with E-state index in [2.05, 4.69) is 10.3 Å². The van der Waals surface area contributed by atoms with Crippen LogP contribution >= 0.6 is 23.1 Å². The highest BCUT2D eigenvalue weighted by atomic mass is 32.2. The number of fused-ring (bicyclic) bond motifs is 3. The second-order valence-electron chi connectivity index (χ2n) is 6.33. The van der Waals surface area contributed by atoms with Crippen molar-refractivity contribution in [2.75, 3.05) is 25.3 Å². The van der Waals surface area contributed by atoms with Gasteiger partial charge >= 0.3 is 0 Å². The largest absolute Gasteiger partial charge is 0.493 e. The second kappa shape index (κ2) is 6.72. The maximum absolute atomic E-state index is 13.1. The molecule has 0 unspecified atom stereocenters. The van der Waals surface area contributed by atoms with Gasteiger partial charge < -0.3 is 19.7 Å². The number of aromatic nitrogens is 1. The lowest BCUT2D eigenvalue weighted by atomic mass is 10.1. The van der Waals surface area contributed by atoms with Crippen molar-refractivity contribution < 1.29 is 19.1 Å². The van der Waals surface area contributed by atoms with Crippen LogP contribution in [0, 0.1) is 13.8 Å². The highest BCUT2D eigenvalue weighted by Crippen LogP contribution is 2.52. The third-order valence-corrected chi connectivity index (χ3v) is 7.15. The van der Waals surface area contributed by atoms with E-state index in [1.165, 1.54) is 25.6 Å². The van der Waals surface area contributed by atoms with Crippen LogP contribution in [-0.4, -0.2) is 47.7 Å². The van der Waals surface area contributed by atoms with Crippen molar-refractivity contribution in [3.63, 3.8) is 0 Å². The first-order chi connectivity index (χ1) is 13.0. The number of aryl methyl sites for hydroxylation is 2. The molecule has 2 aliphatic heterocycles. The number of hydrogen-bond acceptors (Lipinski definition) is 7. The average Bonchev–Trinajstić information content (AvgIpc) is 3.30. The van der Waals surface area contributed by atoms with Gasteiger partial charge in [0.2, 0.25) is 5.91 Å². The Morgan fingerprint density at radius 1 is 1.30 bits per heavy atom. The van der Waals surface area contributed by atoms with E-state index in [1.807, 2.05) is 19.9 Å². The van der Waals surface area contributed by atoms with E-state index in [-0.39, 0.29) is 17.2 Å². The zero-order chi connectivity index (χ0) is 19.3. The minimum atomic E-state index is -0.555. The van der Waals surface area contributed by atoms with Crippen molar-refractivity contribution in [1.82, 2.24) is 9.88 Å². The van der Waals surface area contributed by atoms with Crippen molar-refractivity contribution in [2.24, 2.45) is 0 Å². The molecule has 0 aliphatic carbocycles. The molecule has 142 valence electrons. The van der Waals surface area contributed by atoms with Crippen LogP contribution in [0.2, 0.25) is 0 Å². The number of carbonyl (C=O) groups excluding carboxylic acids is 2. The van der Waals surface area contributed by atoms with Crippen LogP contribution in [0.3, 0.4) is 0 Å². The van der Waals surface area contributed by atoms with Crippen molar-refractivity contribution >= 4 is 40.0 Å². The van der Waals surface area contributed by atoms with E-state index in [1.54, 1.807) is 22.7 Å². The third kappa shape index (κ3) is 2.76. The summed E-state index contributed by atoms with van der Waals surface area (Å²) in [5.74, 6) is 1.04. The van der Waals surface area contributed by atoms with Gasteiger partial charge in [0.1, 0.15) is 11.4 Å². The summed E-state index contributed by atoms with van der Waals surface area (Å²) in [6, 6.07) is 3.11. The Morgan fingerprint density at radius 3 is 2.70 bits per heavy atom. The van der Waals surface area contributed by atoms with Crippen LogP contribution < -0.4 is 14.8 Å². The molecule has 9 heteroatoms. The van der Waals surface area contributed by atoms with Crippen LogP contribution in [0.25, 0.3) is 0 Å². The lowest BCUT2D eigenvalue weighted by molar-refractivity contribution is -0.119. The van der Waals surface area contributed by atoms with Gasteiger partial charge in [0, 0.05) is 16.2 Å². The minimum absolute atomic E-state index is 0.192. The summed E-state index contributed by atoms with van der Waals surface area (Å²) < 4.78 is 10.7. The van der Waals surface area contributed by atoms with Crippen molar-refractivity contribution in [3.8, 4) is 11.5 Å². The molecule has 1 aromatic carbocycles. The molecule has 0 saturated carbocycles. The van der Waals surface area contributed by atoms with Crippen molar-refractivity contribution in [2.45, 2.75) is 25.3 Å². The zero-order valence-electron chi connectivity index (χ0n) is 15.4. The fraction of sp³-hybridized carbons (Fsp3) is 0.389. The monoisotopic (exact) mass is 405 g/mol. The molecule has 0 bridgehead atoms. The fourth-order valence-corrected chi connectivity index (χ4v) is 5.68. The number of carbonyl (C=O) groups is 2. The Morgan fingerprint density at radius 2 is 2.07 bits per heavy atom. The highest BCUT2D eigenvalue weighted by Gasteiger charge is 2.50. The van der Waals surface area contributed by atoms with Crippen LogP contribution in [0.1, 0.15) is 31.9 Å². The Hall–Kier alpha value is -2.26. The van der Waals surface area contributed by atoms with E-state index in [9.17, 15) is 9.59 Å². The number of amides is 2. The number of anilines is 1. The van der Waals surface area contributed by atoms with Crippen LogP contribution in [0.4, 0.5) is 5.13 Å². The third-order valence-electron chi connectivity index (χ3n) is 4.85. The predicted octanol–water partition coefficient (Wildman–Crippen LogP) is 2.99. The number of thiazole rings is 1. The topological polar surface area (TPSA) is 80.8 Å². The van der Waals surface area contributed by atoms with Gasteiger partial charge in [-0.2, -0.15) is 0 Å². The molecule has 0 radical (unpaired) electrons. The number of hydrogen-bond donors (Lipinski definition) is 1. The first kappa shape index (κ1) is 18.1. The molecular formula is C18H19N3O4S2. The Labute approximate surface area is 165 Å². The molecule has 27 heavy (non-hydrogen) atoms. The summed E-state index contributed by atoms with van der Waals surface area (Å²) in [4.78, 5) is 33.0. The molecule has 1 aromatic heterocycles. The van der Waals surface area contributed by atoms with E-state index in [0.29, 0.717) is 27.9 Å². The molecule has 2 atom stereocenters. The SMILES string of the molecule is COc1ccc2c(c1OC)C(=O)N1[C@H](C(=O)Nc3nc(C)c(C)s3)CS[C@@H]21. The number of methoxy groups -OCH3 is 2. The van der Waals surface area contributed by atoms with Crippen molar-refractivity contribution in [3.05, 3.63) is 33.8 Å². The van der Waals surface area contributed by atoms with E-state index in [0.717, 1.165) is 16.1 Å². The highest BCUT2D eigenvalue weighted by molar-refractivity contribution is 7.99. The maximum atomic E-state index is 13.1. The minimum Gasteiger partial charge on any atom is -0.493 e. The molecule has 2 aromatic rings. The van der Waals surface area contributed by atoms with Crippen LogP contribution in [-0.2, 0) is 4.79 Å². The summed E-state index contributed by atoms with van der Waals surface area (Å²) in [6.45, 7) is 3.87. The number of ether oxygens (including phenoxy) is 2. The number of rotatable bonds is 4. The van der Waals surface area contributed by atoms with Gasteiger partial charge in [0.25, 0.3) is 5.91 Å². The van der Waals surface area contributed by atoms with Crippen LogP contribution in [0.5, 0.6) is 11.5 Å². The van der Waals surface area contributed by atoms with Gasteiger partial charge in [0.15, 0.2) is 16.6 Å². The lowest BCUT2D eigenvalue weighted by Gasteiger charge is -2.22. The van der Waals surface area contributed by atoms with Crippen molar-refractivity contribution in [1.29, 1.82) is 0 Å². The molecule has 1 saturated heterocycles.